The summed E-state index contributed by atoms with van der Waals surface area (Å²) in [5.74, 6) is 2.03. The number of methoxy groups -OCH3 is 1. The van der Waals surface area contributed by atoms with Crippen molar-refractivity contribution in [1.82, 2.24) is 10.1 Å². The zero-order chi connectivity index (χ0) is 17.1. The maximum atomic E-state index is 12.8. The average molecular weight is 328 g/mol. The summed E-state index contributed by atoms with van der Waals surface area (Å²) in [7, 11) is 1.63. The lowest BCUT2D eigenvalue weighted by Gasteiger charge is -2.23. The van der Waals surface area contributed by atoms with Gasteiger partial charge in [-0.2, -0.15) is 0 Å². The molecule has 2 heterocycles. The summed E-state index contributed by atoms with van der Waals surface area (Å²) >= 11 is 0. The lowest BCUT2D eigenvalue weighted by molar-refractivity contribution is -0.131. The van der Waals surface area contributed by atoms with Gasteiger partial charge in [0.1, 0.15) is 17.2 Å². The number of likely N-dealkylation sites (tertiary alicyclic amines) is 1. The van der Waals surface area contributed by atoms with Gasteiger partial charge in [0, 0.05) is 24.1 Å². The molecule has 0 bridgehead atoms. The SMILES string of the molecule is COc1ccccc1CC(=O)N1CCC[C@H]1c1cc(C(C)C)on1. The number of rotatable bonds is 5. The van der Waals surface area contributed by atoms with E-state index in [4.69, 9.17) is 9.26 Å². The molecule has 1 fully saturated rings. The van der Waals surface area contributed by atoms with Crippen LogP contribution in [0.15, 0.2) is 34.9 Å². The summed E-state index contributed by atoms with van der Waals surface area (Å²) in [6.07, 6.45) is 2.27. The van der Waals surface area contributed by atoms with Gasteiger partial charge in [0.15, 0.2) is 0 Å². The third-order valence-corrected chi connectivity index (χ3v) is 4.56. The molecule has 5 heteroatoms. The molecular weight excluding hydrogens is 304 g/mol. The third kappa shape index (κ3) is 3.30. The van der Waals surface area contributed by atoms with Crippen molar-refractivity contribution >= 4 is 5.91 Å². The molecule has 128 valence electrons. The Bertz CT molecular complexity index is 708. The molecule has 0 N–H and O–H groups in total. The van der Waals surface area contributed by atoms with Gasteiger partial charge in [-0.05, 0) is 18.9 Å². The highest BCUT2D eigenvalue weighted by Gasteiger charge is 2.32. The van der Waals surface area contributed by atoms with Crippen LogP contribution in [0, 0.1) is 0 Å². The molecule has 0 radical (unpaired) electrons. The Morgan fingerprint density at radius 1 is 1.42 bits per heavy atom. The van der Waals surface area contributed by atoms with E-state index in [-0.39, 0.29) is 11.9 Å². The largest absolute Gasteiger partial charge is 0.496 e. The van der Waals surface area contributed by atoms with Crippen LogP contribution in [-0.4, -0.2) is 29.6 Å². The van der Waals surface area contributed by atoms with Crippen molar-refractivity contribution in [2.75, 3.05) is 13.7 Å². The van der Waals surface area contributed by atoms with Crippen LogP contribution in [0.4, 0.5) is 0 Å². The molecule has 1 saturated heterocycles. The fourth-order valence-electron chi connectivity index (χ4n) is 3.22. The standard InChI is InChI=1S/C19H24N2O3/c1-13(2)18-12-15(20-24-18)16-8-6-10-21(16)19(22)11-14-7-4-5-9-17(14)23-3/h4-5,7,9,12-13,16H,6,8,10-11H2,1-3H3/t16-/m0/s1. The van der Waals surface area contributed by atoms with Crippen molar-refractivity contribution in [1.29, 1.82) is 0 Å². The Kier molecular flexibility index (Phi) is 4.88. The molecule has 24 heavy (non-hydrogen) atoms. The van der Waals surface area contributed by atoms with Gasteiger partial charge in [-0.15, -0.1) is 0 Å². The van der Waals surface area contributed by atoms with Crippen molar-refractivity contribution in [2.45, 2.75) is 45.1 Å². The minimum absolute atomic E-state index is 0.0171. The van der Waals surface area contributed by atoms with Crippen molar-refractivity contribution in [3.05, 3.63) is 47.3 Å². The van der Waals surface area contributed by atoms with E-state index in [0.29, 0.717) is 12.3 Å². The molecule has 1 amide bonds. The number of para-hydroxylation sites is 1. The predicted molar refractivity (Wildman–Crippen MR) is 91.0 cm³/mol. The van der Waals surface area contributed by atoms with Crippen LogP contribution in [-0.2, 0) is 11.2 Å². The van der Waals surface area contributed by atoms with Gasteiger partial charge >= 0.3 is 0 Å². The smallest absolute Gasteiger partial charge is 0.227 e. The molecule has 1 aromatic carbocycles. The minimum atomic E-state index is 0.0171. The number of carbonyl (C=O) groups excluding carboxylic acids is 1. The molecule has 2 aromatic rings. The fourth-order valence-corrected chi connectivity index (χ4v) is 3.22. The minimum Gasteiger partial charge on any atom is -0.496 e. The molecule has 0 unspecified atom stereocenters. The molecule has 0 saturated carbocycles. The first kappa shape index (κ1) is 16.6. The first-order valence-corrected chi connectivity index (χ1v) is 8.48. The Labute approximate surface area is 142 Å². The highest BCUT2D eigenvalue weighted by Crippen LogP contribution is 2.33. The monoisotopic (exact) mass is 328 g/mol. The maximum absolute atomic E-state index is 12.8. The number of hydrogen-bond acceptors (Lipinski definition) is 4. The average Bonchev–Trinajstić information content (AvgIpc) is 3.24. The van der Waals surface area contributed by atoms with Crippen molar-refractivity contribution in [3.63, 3.8) is 0 Å². The van der Waals surface area contributed by atoms with E-state index < -0.39 is 0 Å². The summed E-state index contributed by atoms with van der Waals surface area (Å²) in [5.41, 5.74) is 1.78. The third-order valence-electron chi connectivity index (χ3n) is 4.56. The first-order valence-electron chi connectivity index (χ1n) is 8.48. The Hall–Kier alpha value is -2.30. The predicted octanol–water partition coefficient (Wildman–Crippen LogP) is 3.71. The molecule has 0 spiro atoms. The number of hydrogen-bond donors (Lipinski definition) is 0. The van der Waals surface area contributed by atoms with Gasteiger partial charge < -0.3 is 14.2 Å². The van der Waals surface area contributed by atoms with Crippen LogP contribution in [0.2, 0.25) is 0 Å². The zero-order valence-electron chi connectivity index (χ0n) is 14.5. The summed E-state index contributed by atoms with van der Waals surface area (Å²) in [6.45, 7) is 4.91. The van der Waals surface area contributed by atoms with Crippen molar-refractivity contribution < 1.29 is 14.1 Å². The normalized spacial score (nSPS) is 17.5. The quantitative estimate of drug-likeness (QED) is 0.839. The van der Waals surface area contributed by atoms with Crippen LogP contribution in [0.1, 0.15) is 55.7 Å². The van der Waals surface area contributed by atoms with Gasteiger partial charge in [-0.3, -0.25) is 4.79 Å². The second kappa shape index (κ2) is 7.07. The summed E-state index contributed by atoms with van der Waals surface area (Å²) in [6, 6.07) is 9.67. The molecule has 1 aliphatic rings. The van der Waals surface area contributed by atoms with Gasteiger partial charge in [-0.1, -0.05) is 37.2 Å². The second-order valence-electron chi connectivity index (χ2n) is 6.54. The topological polar surface area (TPSA) is 55.6 Å². The number of carbonyl (C=O) groups is 1. The highest BCUT2D eigenvalue weighted by atomic mass is 16.5. The number of amides is 1. The molecule has 3 rings (SSSR count). The van der Waals surface area contributed by atoms with E-state index >= 15 is 0 Å². The maximum Gasteiger partial charge on any atom is 0.227 e. The van der Waals surface area contributed by atoms with Gasteiger partial charge in [-0.25, -0.2) is 0 Å². The van der Waals surface area contributed by atoms with Crippen LogP contribution in [0.3, 0.4) is 0 Å². The Morgan fingerprint density at radius 2 is 2.21 bits per heavy atom. The molecule has 0 aliphatic carbocycles. The molecule has 1 aliphatic heterocycles. The number of nitrogens with zero attached hydrogens (tertiary/aromatic N) is 2. The summed E-state index contributed by atoms with van der Waals surface area (Å²) in [4.78, 5) is 14.7. The van der Waals surface area contributed by atoms with E-state index in [1.165, 1.54) is 0 Å². The summed E-state index contributed by atoms with van der Waals surface area (Å²) in [5, 5.41) is 4.20. The molecule has 5 nitrogen and oxygen atoms in total. The lowest BCUT2D eigenvalue weighted by atomic mass is 10.1. The fraction of sp³-hybridized carbons (Fsp3) is 0.474. The van der Waals surface area contributed by atoms with Crippen LogP contribution < -0.4 is 4.74 Å². The van der Waals surface area contributed by atoms with E-state index in [1.807, 2.05) is 35.2 Å². The van der Waals surface area contributed by atoms with E-state index in [1.54, 1.807) is 7.11 Å². The van der Waals surface area contributed by atoms with Gasteiger partial charge in [0.2, 0.25) is 5.91 Å². The first-order chi connectivity index (χ1) is 11.6. The van der Waals surface area contributed by atoms with E-state index in [2.05, 4.69) is 19.0 Å². The molecular formula is C19H24N2O3. The highest BCUT2D eigenvalue weighted by molar-refractivity contribution is 5.80. The lowest BCUT2D eigenvalue weighted by Crippen LogP contribution is -2.32. The number of ether oxygens (including phenoxy) is 1. The number of aromatic nitrogens is 1. The van der Waals surface area contributed by atoms with Gasteiger partial charge in [0.05, 0.1) is 19.6 Å². The van der Waals surface area contributed by atoms with E-state index in [0.717, 1.165) is 42.2 Å². The number of benzene rings is 1. The molecule has 1 atom stereocenters. The van der Waals surface area contributed by atoms with E-state index in [9.17, 15) is 4.79 Å². The second-order valence-corrected chi connectivity index (χ2v) is 6.54. The Morgan fingerprint density at radius 3 is 2.92 bits per heavy atom. The molecule has 1 aromatic heterocycles. The van der Waals surface area contributed by atoms with Crippen molar-refractivity contribution in [3.8, 4) is 5.75 Å². The van der Waals surface area contributed by atoms with Crippen LogP contribution in [0.25, 0.3) is 0 Å². The van der Waals surface area contributed by atoms with Crippen LogP contribution >= 0.6 is 0 Å². The zero-order valence-corrected chi connectivity index (χ0v) is 14.5. The summed E-state index contributed by atoms with van der Waals surface area (Å²) < 4.78 is 10.8. The van der Waals surface area contributed by atoms with Crippen LogP contribution in [0.5, 0.6) is 5.75 Å². The Balaban J connectivity index is 1.76. The van der Waals surface area contributed by atoms with Gasteiger partial charge in [0.25, 0.3) is 0 Å². The van der Waals surface area contributed by atoms with Crippen molar-refractivity contribution in [2.24, 2.45) is 0 Å².